The van der Waals surface area contributed by atoms with Crippen LogP contribution in [0.1, 0.15) is 43.7 Å². The van der Waals surface area contributed by atoms with E-state index in [9.17, 15) is 18.0 Å². The van der Waals surface area contributed by atoms with Crippen molar-refractivity contribution < 1.29 is 18.0 Å². The molecule has 0 spiro atoms. The largest absolute Gasteiger partial charge is 0.352 e. The highest BCUT2D eigenvalue weighted by atomic mass is 79.9. The summed E-state index contributed by atoms with van der Waals surface area (Å²) in [6.45, 7) is 3.47. The topological polar surface area (TPSA) is 86.8 Å². The molecular formula is C25H32BrN3O4S. The van der Waals surface area contributed by atoms with Crippen LogP contribution in [0.25, 0.3) is 0 Å². The molecular weight excluding hydrogens is 518 g/mol. The number of nitrogens with zero attached hydrogens (tertiary/aromatic N) is 2. The van der Waals surface area contributed by atoms with Crippen LogP contribution in [0.4, 0.5) is 5.69 Å². The van der Waals surface area contributed by atoms with Gasteiger partial charge in [-0.1, -0.05) is 53.0 Å². The molecule has 1 unspecified atom stereocenters. The second-order valence-electron chi connectivity index (χ2n) is 8.86. The third kappa shape index (κ3) is 6.82. The minimum Gasteiger partial charge on any atom is -0.352 e. The normalized spacial score (nSPS) is 15.1. The van der Waals surface area contributed by atoms with Crippen molar-refractivity contribution in [3.05, 3.63) is 64.1 Å². The minimum absolute atomic E-state index is 0.126. The van der Waals surface area contributed by atoms with Gasteiger partial charge >= 0.3 is 0 Å². The Kier molecular flexibility index (Phi) is 8.76. The summed E-state index contributed by atoms with van der Waals surface area (Å²) in [4.78, 5) is 28.1. The zero-order valence-electron chi connectivity index (χ0n) is 19.8. The number of halogens is 1. The number of carbonyl (C=O) groups excluding carboxylic acids is 2. The van der Waals surface area contributed by atoms with Crippen molar-refractivity contribution >= 4 is 43.5 Å². The van der Waals surface area contributed by atoms with Gasteiger partial charge < -0.3 is 10.2 Å². The third-order valence-electron chi connectivity index (χ3n) is 6.26. The average molecular weight is 551 g/mol. The summed E-state index contributed by atoms with van der Waals surface area (Å²) in [5, 5.41) is 3.07. The molecule has 0 aromatic heterocycles. The maximum absolute atomic E-state index is 13.6. The Morgan fingerprint density at radius 1 is 1.09 bits per heavy atom. The van der Waals surface area contributed by atoms with E-state index in [1.165, 1.54) is 4.90 Å². The van der Waals surface area contributed by atoms with Gasteiger partial charge in [0.2, 0.25) is 21.8 Å². The fourth-order valence-electron chi connectivity index (χ4n) is 4.17. The van der Waals surface area contributed by atoms with E-state index in [1.54, 1.807) is 31.2 Å². The summed E-state index contributed by atoms with van der Waals surface area (Å²) in [7, 11) is -3.74. The fraction of sp³-hybridized carbons (Fsp3) is 0.440. The van der Waals surface area contributed by atoms with E-state index in [-0.39, 0.29) is 18.5 Å². The molecule has 2 aromatic rings. The van der Waals surface area contributed by atoms with Crippen LogP contribution in [0.5, 0.6) is 0 Å². The number of aryl methyl sites for hydroxylation is 1. The van der Waals surface area contributed by atoms with Gasteiger partial charge in [0.05, 0.1) is 11.9 Å². The maximum Gasteiger partial charge on any atom is 0.244 e. The van der Waals surface area contributed by atoms with Crippen molar-refractivity contribution in [3.8, 4) is 0 Å². The van der Waals surface area contributed by atoms with Crippen molar-refractivity contribution in [2.24, 2.45) is 0 Å². The molecule has 0 bridgehead atoms. The predicted molar refractivity (Wildman–Crippen MR) is 138 cm³/mol. The van der Waals surface area contributed by atoms with Crippen molar-refractivity contribution in [1.29, 1.82) is 0 Å². The van der Waals surface area contributed by atoms with Crippen LogP contribution in [0.15, 0.2) is 53.0 Å². The van der Waals surface area contributed by atoms with E-state index >= 15 is 0 Å². The molecule has 3 rings (SSSR count). The Morgan fingerprint density at radius 2 is 1.71 bits per heavy atom. The molecule has 1 atom stereocenters. The van der Waals surface area contributed by atoms with Gasteiger partial charge in [-0.15, -0.1) is 0 Å². The average Bonchev–Trinajstić information content (AvgIpc) is 3.29. The number of benzene rings is 2. The number of nitrogens with one attached hydrogen (secondary N) is 1. The van der Waals surface area contributed by atoms with Crippen molar-refractivity contribution in [3.63, 3.8) is 0 Å². The monoisotopic (exact) mass is 549 g/mol. The summed E-state index contributed by atoms with van der Waals surface area (Å²) >= 11 is 3.35. The van der Waals surface area contributed by atoms with Crippen molar-refractivity contribution in [1.82, 2.24) is 10.2 Å². The van der Waals surface area contributed by atoms with Gasteiger partial charge in [0, 0.05) is 17.1 Å². The van der Waals surface area contributed by atoms with Crippen LogP contribution in [-0.4, -0.2) is 50.0 Å². The van der Waals surface area contributed by atoms with Gasteiger partial charge in [-0.2, -0.15) is 0 Å². The first-order chi connectivity index (χ1) is 16.1. The first kappa shape index (κ1) is 26.2. The number of anilines is 1. The van der Waals surface area contributed by atoms with Gasteiger partial charge in [-0.25, -0.2) is 8.42 Å². The van der Waals surface area contributed by atoms with Crippen LogP contribution in [-0.2, 0) is 26.2 Å². The minimum atomic E-state index is -3.74. The molecule has 184 valence electrons. The Balaban J connectivity index is 1.88. The summed E-state index contributed by atoms with van der Waals surface area (Å²) in [6, 6.07) is 13.8. The number of hydrogen-bond donors (Lipinski definition) is 1. The summed E-state index contributed by atoms with van der Waals surface area (Å²) in [5.41, 5.74) is 2.29. The number of hydrogen-bond acceptors (Lipinski definition) is 4. The predicted octanol–water partition coefficient (Wildman–Crippen LogP) is 4.00. The highest BCUT2D eigenvalue weighted by molar-refractivity contribution is 9.10. The van der Waals surface area contributed by atoms with Crippen LogP contribution < -0.4 is 9.62 Å². The summed E-state index contributed by atoms with van der Waals surface area (Å²) in [5.74, 6) is -0.658. The van der Waals surface area contributed by atoms with Crippen molar-refractivity contribution in [2.45, 2.75) is 58.2 Å². The fourth-order valence-corrected chi connectivity index (χ4v) is 5.28. The van der Waals surface area contributed by atoms with Crippen LogP contribution in [0.2, 0.25) is 0 Å². The van der Waals surface area contributed by atoms with Crippen LogP contribution >= 0.6 is 15.9 Å². The van der Waals surface area contributed by atoms with E-state index in [0.717, 1.165) is 51.8 Å². The molecule has 0 aliphatic heterocycles. The lowest BCUT2D eigenvalue weighted by atomic mass is 10.1. The first-order valence-corrected chi connectivity index (χ1v) is 14.1. The number of carbonyl (C=O) groups is 2. The van der Waals surface area contributed by atoms with E-state index in [1.807, 2.05) is 31.2 Å². The molecule has 2 amide bonds. The first-order valence-electron chi connectivity index (χ1n) is 11.4. The van der Waals surface area contributed by atoms with Gasteiger partial charge in [0.15, 0.2) is 0 Å². The van der Waals surface area contributed by atoms with E-state index in [2.05, 4.69) is 21.2 Å². The van der Waals surface area contributed by atoms with Gasteiger partial charge in [0.1, 0.15) is 12.6 Å². The highest BCUT2D eigenvalue weighted by Crippen LogP contribution is 2.23. The Bertz CT molecular complexity index is 1120. The second-order valence-corrected chi connectivity index (χ2v) is 11.7. The number of amides is 2. The summed E-state index contributed by atoms with van der Waals surface area (Å²) in [6.07, 6.45) is 5.12. The lowest BCUT2D eigenvalue weighted by Crippen LogP contribution is -2.52. The van der Waals surface area contributed by atoms with E-state index in [4.69, 9.17) is 0 Å². The SMILES string of the molecule is Cc1ccccc1CN(C(=O)CN(c1ccc(Br)cc1)S(C)(=O)=O)C(C)C(=O)NC1CCCC1. The van der Waals surface area contributed by atoms with Crippen LogP contribution in [0, 0.1) is 6.92 Å². The van der Waals surface area contributed by atoms with Crippen molar-refractivity contribution in [2.75, 3.05) is 17.1 Å². The van der Waals surface area contributed by atoms with Gasteiger partial charge in [0.25, 0.3) is 0 Å². The Labute approximate surface area is 210 Å². The molecule has 0 saturated heterocycles. The molecule has 9 heteroatoms. The Morgan fingerprint density at radius 3 is 2.29 bits per heavy atom. The maximum atomic E-state index is 13.6. The lowest BCUT2D eigenvalue weighted by molar-refractivity contribution is -0.139. The third-order valence-corrected chi connectivity index (χ3v) is 7.93. The van der Waals surface area contributed by atoms with Gasteiger partial charge in [-0.05, 0) is 62.1 Å². The molecule has 7 nitrogen and oxygen atoms in total. The molecule has 1 aliphatic rings. The zero-order valence-corrected chi connectivity index (χ0v) is 22.2. The lowest BCUT2D eigenvalue weighted by Gasteiger charge is -2.32. The second kappa shape index (κ2) is 11.4. The molecule has 1 saturated carbocycles. The smallest absolute Gasteiger partial charge is 0.244 e. The molecule has 0 radical (unpaired) electrons. The number of rotatable bonds is 9. The standard InChI is InChI=1S/C25H32BrN3O4S/c1-18-8-4-5-9-20(18)16-28(19(2)25(31)27-22-10-6-7-11-22)24(30)17-29(34(3,32)33)23-14-12-21(26)13-15-23/h4-5,8-9,12-15,19,22H,6-7,10-11,16-17H2,1-3H3,(H,27,31). The van der Waals surface area contributed by atoms with E-state index < -0.39 is 28.5 Å². The number of sulfonamides is 1. The summed E-state index contributed by atoms with van der Waals surface area (Å²) < 4.78 is 27.0. The van der Waals surface area contributed by atoms with Gasteiger partial charge in [-0.3, -0.25) is 13.9 Å². The molecule has 34 heavy (non-hydrogen) atoms. The molecule has 1 N–H and O–H groups in total. The molecule has 2 aromatic carbocycles. The molecule has 1 aliphatic carbocycles. The zero-order chi connectivity index (χ0) is 24.9. The van der Waals surface area contributed by atoms with Crippen LogP contribution in [0.3, 0.4) is 0 Å². The van der Waals surface area contributed by atoms with E-state index in [0.29, 0.717) is 5.69 Å². The highest BCUT2D eigenvalue weighted by Gasteiger charge is 2.31. The molecule has 0 heterocycles. The molecule has 1 fully saturated rings. The quantitative estimate of drug-likeness (QED) is 0.512. The Hall–Kier alpha value is -2.39.